The van der Waals surface area contributed by atoms with Gasteiger partial charge in [0.25, 0.3) is 0 Å². The highest BCUT2D eigenvalue weighted by atomic mass is 16.5. The van der Waals surface area contributed by atoms with E-state index in [0.29, 0.717) is 13.0 Å². The first-order valence-corrected chi connectivity index (χ1v) is 7.47. The summed E-state index contributed by atoms with van der Waals surface area (Å²) in [5, 5.41) is 0. The van der Waals surface area contributed by atoms with Crippen LogP contribution >= 0.6 is 0 Å². The molecule has 1 aliphatic rings. The van der Waals surface area contributed by atoms with E-state index in [4.69, 9.17) is 10.5 Å². The highest BCUT2D eigenvalue weighted by molar-refractivity contribution is 5.88. The lowest BCUT2D eigenvalue weighted by molar-refractivity contribution is -0.178. The maximum Gasteiger partial charge on any atom is 0.243 e. The number of carbonyl (C=O) groups excluding carboxylic acids is 1. The Kier molecular flexibility index (Phi) is 5.39. The lowest BCUT2D eigenvalue weighted by atomic mass is 9.54. The van der Waals surface area contributed by atoms with Crippen molar-refractivity contribution in [2.75, 3.05) is 20.2 Å². The zero-order valence-electron chi connectivity index (χ0n) is 13.2. The fourth-order valence-electron chi connectivity index (χ4n) is 2.84. The normalized spacial score (nSPS) is 28.8. The summed E-state index contributed by atoms with van der Waals surface area (Å²) in [5.74, 6) is 0.0598. The van der Waals surface area contributed by atoms with Gasteiger partial charge in [-0.2, -0.15) is 0 Å². The summed E-state index contributed by atoms with van der Waals surface area (Å²) >= 11 is 0. The van der Waals surface area contributed by atoms with Gasteiger partial charge < -0.3 is 15.4 Å². The molecule has 0 radical (unpaired) electrons. The van der Waals surface area contributed by atoms with E-state index in [1.807, 2.05) is 27.8 Å². The molecule has 2 unspecified atom stereocenters. The van der Waals surface area contributed by atoms with Crippen LogP contribution in [0.25, 0.3) is 0 Å². The number of nitrogens with two attached hydrogens (primary N) is 1. The molecule has 0 aromatic heterocycles. The number of unbranched alkanes of at least 4 members (excludes halogenated alkanes) is 2. The largest absolute Gasteiger partial charge is 0.378 e. The molecule has 0 bridgehead atoms. The van der Waals surface area contributed by atoms with Crippen molar-refractivity contribution in [3.8, 4) is 0 Å². The molecular weight excluding hydrogens is 240 g/mol. The van der Waals surface area contributed by atoms with Crippen molar-refractivity contribution >= 4 is 5.91 Å². The standard InChI is InChI=1S/C15H30N2O2/c1-6-8-9-10-17(5)13(18)15(16)11-12(19-7-2)14(15,3)4/h12H,6-11,16H2,1-5H3. The molecule has 0 aromatic carbocycles. The van der Waals surface area contributed by atoms with Crippen molar-refractivity contribution < 1.29 is 9.53 Å². The van der Waals surface area contributed by atoms with Crippen LogP contribution in [0.15, 0.2) is 0 Å². The van der Waals surface area contributed by atoms with E-state index in [1.165, 1.54) is 0 Å². The third kappa shape index (κ3) is 2.95. The predicted octanol–water partition coefficient (Wildman–Crippen LogP) is 2.17. The number of rotatable bonds is 7. The minimum Gasteiger partial charge on any atom is -0.378 e. The summed E-state index contributed by atoms with van der Waals surface area (Å²) < 4.78 is 5.67. The molecule has 2 N–H and O–H groups in total. The first-order valence-electron chi connectivity index (χ1n) is 7.47. The molecule has 0 spiro atoms. The molecule has 4 nitrogen and oxygen atoms in total. The Labute approximate surface area is 117 Å². The number of carbonyl (C=O) groups is 1. The Morgan fingerprint density at radius 1 is 1.37 bits per heavy atom. The number of likely N-dealkylation sites (N-methyl/N-ethyl adjacent to an activating group) is 1. The number of nitrogens with zero attached hydrogens (tertiary/aromatic N) is 1. The minimum atomic E-state index is -0.770. The van der Waals surface area contributed by atoms with Crippen LogP contribution in [0.5, 0.6) is 0 Å². The van der Waals surface area contributed by atoms with Gasteiger partial charge in [-0.1, -0.05) is 33.6 Å². The summed E-state index contributed by atoms with van der Waals surface area (Å²) in [6, 6.07) is 0. The zero-order chi connectivity index (χ0) is 14.7. The Morgan fingerprint density at radius 3 is 2.47 bits per heavy atom. The lowest BCUT2D eigenvalue weighted by Crippen LogP contribution is -2.75. The van der Waals surface area contributed by atoms with E-state index < -0.39 is 5.54 Å². The van der Waals surface area contributed by atoms with Crippen molar-refractivity contribution in [3.63, 3.8) is 0 Å². The van der Waals surface area contributed by atoms with E-state index in [1.54, 1.807) is 4.90 Å². The second-order valence-electron chi connectivity index (χ2n) is 6.27. The molecule has 0 heterocycles. The molecule has 1 amide bonds. The highest BCUT2D eigenvalue weighted by Gasteiger charge is 2.63. The molecule has 2 atom stereocenters. The summed E-state index contributed by atoms with van der Waals surface area (Å²) in [6.07, 6.45) is 4.08. The topological polar surface area (TPSA) is 55.6 Å². The molecule has 1 fully saturated rings. The number of ether oxygens (including phenoxy) is 1. The smallest absolute Gasteiger partial charge is 0.243 e. The molecule has 0 aromatic rings. The van der Waals surface area contributed by atoms with Gasteiger partial charge in [0.15, 0.2) is 0 Å². The number of hydrogen-bond acceptors (Lipinski definition) is 3. The summed E-state index contributed by atoms with van der Waals surface area (Å²) in [6.45, 7) is 9.67. The molecule has 112 valence electrons. The van der Waals surface area contributed by atoms with Crippen molar-refractivity contribution in [1.82, 2.24) is 4.90 Å². The summed E-state index contributed by atoms with van der Waals surface area (Å²) in [5.41, 5.74) is 5.32. The van der Waals surface area contributed by atoms with E-state index in [0.717, 1.165) is 25.8 Å². The number of amides is 1. The van der Waals surface area contributed by atoms with E-state index >= 15 is 0 Å². The van der Waals surface area contributed by atoms with Crippen molar-refractivity contribution in [3.05, 3.63) is 0 Å². The fraction of sp³-hybridized carbons (Fsp3) is 0.933. The van der Waals surface area contributed by atoms with Gasteiger partial charge in [-0.25, -0.2) is 0 Å². The van der Waals surface area contributed by atoms with Gasteiger partial charge in [0.05, 0.1) is 6.10 Å². The van der Waals surface area contributed by atoms with Gasteiger partial charge in [-0.15, -0.1) is 0 Å². The first kappa shape index (κ1) is 16.4. The maximum atomic E-state index is 12.6. The Bertz CT molecular complexity index is 317. The summed E-state index contributed by atoms with van der Waals surface area (Å²) in [7, 11) is 1.86. The van der Waals surface area contributed by atoms with Crippen LogP contribution in [-0.4, -0.2) is 42.6 Å². The molecule has 19 heavy (non-hydrogen) atoms. The van der Waals surface area contributed by atoms with Crippen LogP contribution in [0.1, 0.15) is 53.4 Å². The molecule has 0 saturated heterocycles. The Morgan fingerprint density at radius 2 is 2.00 bits per heavy atom. The van der Waals surface area contributed by atoms with Gasteiger partial charge in [-0.3, -0.25) is 4.79 Å². The van der Waals surface area contributed by atoms with E-state index in [-0.39, 0.29) is 17.4 Å². The van der Waals surface area contributed by atoms with Crippen LogP contribution in [0.3, 0.4) is 0 Å². The van der Waals surface area contributed by atoms with Gasteiger partial charge in [0.2, 0.25) is 5.91 Å². The van der Waals surface area contributed by atoms with E-state index in [2.05, 4.69) is 6.92 Å². The molecule has 1 aliphatic carbocycles. The van der Waals surface area contributed by atoms with Gasteiger partial charge in [0, 0.05) is 32.0 Å². The van der Waals surface area contributed by atoms with Gasteiger partial charge in [0.1, 0.15) is 5.54 Å². The fourth-order valence-corrected chi connectivity index (χ4v) is 2.84. The van der Waals surface area contributed by atoms with Gasteiger partial charge in [-0.05, 0) is 13.3 Å². The second-order valence-corrected chi connectivity index (χ2v) is 6.27. The quantitative estimate of drug-likeness (QED) is 0.721. The van der Waals surface area contributed by atoms with Crippen molar-refractivity contribution in [2.45, 2.75) is 65.0 Å². The Balaban J connectivity index is 2.61. The number of hydrogen-bond donors (Lipinski definition) is 1. The summed E-state index contributed by atoms with van der Waals surface area (Å²) in [4.78, 5) is 14.3. The second kappa shape index (κ2) is 6.23. The molecule has 1 rings (SSSR count). The van der Waals surface area contributed by atoms with Crippen LogP contribution in [0.2, 0.25) is 0 Å². The third-order valence-corrected chi connectivity index (χ3v) is 4.66. The lowest BCUT2D eigenvalue weighted by Gasteiger charge is -2.58. The van der Waals surface area contributed by atoms with Crippen molar-refractivity contribution in [1.29, 1.82) is 0 Å². The molecule has 1 saturated carbocycles. The molecule has 4 heteroatoms. The van der Waals surface area contributed by atoms with Crippen LogP contribution in [0.4, 0.5) is 0 Å². The average molecular weight is 270 g/mol. The van der Waals surface area contributed by atoms with Crippen molar-refractivity contribution in [2.24, 2.45) is 11.1 Å². The predicted molar refractivity (Wildman–Crippen MR) is 77.9 cm³/mol. The van der Waals surface area contributed by atoms with Crippen LogP contribution < -0.4 is 5.73 Å². The first-order chi connectivity index (χ1) is 8.81. The van der Waals surface area contributed by atoms with Crippen LogP contribution in [0, 0.1) is 5.41 Å². The average Bonchev–Trinajstić information content (AvgIpc) is 2.37. The highest BCUT2D eigenvalue weighted by Crippen LogP contribution is 2.50. The zero-order valence-corrected chi connectivity index (χ0v) is 13.2. The molecule has 0 aliphatic heterocycles. The monoisotopic (exact) mass is 270 g/mol. The Hall–Kier alpha value is -0.610. The van der Waals surface area contributed by atoms with E-state index in [9.17, 15) is 4.79 Å². The van der Waals surface area contributed by atoms with Gasteiger partial charge >= 0.3 is 0 Å². The maximum absolute atomic E-state index is 12.6. The molecular formula is C15H30N2O2. The minimum absolute atomic E-state index is 0.0598. The SMILES string of the molecule is CCCCCN(C)C(=O)C1(N)CC(OCC)C1(C)C. The third-order valence-electron chi connectivity index (χ3n) is 4.66. The van der Waals surface area contributed by atoms with Crippen LogP contribution in [-0.2, 0) is 9.53 Å².